The van der Waals surface area contributed by atoms with E-state index in [1.807, 2.05) is 0 Å². The molecule has 1 atom stereocenters. The lowest BCUT2D eigenvalue weighted by Gasteiger charge is -2.20. The molecule has 1 aromatic rings. The summed E-state index contributed by atoms with van der Waals surface area (Å²) in [5, 5.41) is 10.4. The summed E-state index contributed by atoms with van der Waals surface area (Å²) in [6.07, 6.45) is -2.48. The van der Waals surface area contributed by atoms with Gasteiger partial charge in [0.15, 0.2) is 6.29 Å². The molecule has 1 aliphatic heterocycles. The van der Waals surface area contributed by atoms with Crippen LogP contribution in [0, 0.1) is 0 Å². The van der Waals surface area contributed by atoms with Gasteiger partial charge in [-0.05, 0) is 36.4 Å². The van der Waals surface area contributed by atoms with Crippen molar-refractivity contribution in [3.63, 3.8) is 0 Å². The van der Waals surface area contributed by atoms with Gasteiger partial charge >= 0.3 is 6.18 Å². The average Bonchev–Trinajstić information content (AvgIpc) is 2.60. The van der Waals surface area contributed by atoms with Crippen molar-refractivity contribution in [1.82, 2.24) is 16.0 Å². The smallest absolute Gasteiger partial charge is 0.376 e. The van der Waals surface area contributed by atoms with Crippen molar-refractivity contribution in [3.05, 3.63) is 53.3 Å². The van der Waals surface area contributed by atoms with Crippen molar-refractivity contribution < 1.29 is 22.8 Å². The van der Waals surface area contributed by atoms with Gasteiger partial charge in [-0.15, -0.1) is 0 Å². The van der Waals surface area contributed by atoms with Crippen LogP contribution in [0.1, 0.15) is 5.56 Å². The Kier molecular flexibility index (Phi) is 5.88. The molecule has 2 amide bonds. The minimum absolute atomic E-state index is 0.137. The standard InChI is InChI=1S/C16H18F3N5O2/c1-21-14(26)12-7-2-9(8-22-12)13(25)24-15(20)23-11-5-3-10(4-6-11)16(17,18)19/h2-7,15,22-23H,8,20H2,1H3,(H,21,26)(H,24,25). The van der Waals surface area contributed by atoms with Crippen molar-refractivity contribution in [2.45, 2.75) is 12.5 Å². The normalized spacial score (nSPS) is 15.1. The van der Waals surface area contributed by atoms with E-state index < -0.39 is 23.9 Å². The molecular weight excluding hydrogens is 351 g/mol. The molecule has 10 heteroatoms. The van der Waals surface area contributed by atoms with Crippen LogP contribution in [0.2, 0.25) is 0 Å². The third-order valence-corrected chi connectivity index (χ3v) is 3.50. The highest BCUT2D eigenvalue weighted by Crippen LogP contribution is 2.29. The summed E-state index contributed by atoms with van der Waals surface area (Å²) in [5.41, 5.74) is 5.96. The van der Waals surface area contributed by atoms with Gasteiger partial charge < -0.3 is 21.3 Å². The van der Waals surface area contributed by atoms with E-state index in [2.05, 4.69) is 21.3 Å². The summed E-state index contributed by atoms with van der Waals surface area (Å²) >= 11 is 0. The second-order valence-corrected chi connectivity index (χ2v) is 5.38. The van der Waals surface area contributed by atoms with E-state index in [0.717, 1.165) is 12.1 Å². The minimum atomic E-state index is -4.42. The molecule has 0 aliphatic carbocycles. The summed E-state index contributed by atoms with van der Waals surface area (Å²) in [7, 11) is 1.49. The van der Waals surface area contributed by atoms with E-state index >= 15 is 0 Å². The number of halogens is 3. The number of nitrogens with two attached hydrogens (primary N) is 1. The molecule has 1 aliphatic rings. The van der Waals surface area contributed by atoms with Gasteiger partial charge in [0, 0.05) is 24.9 Å². The maximum atomic E-state index is 12.5. The van der Waals surface area contributed by atoms with Gasteiger partial charge in [-0.25, -0.2) is 0 Å². The topological polar surface area (TPSA) is 108 Å². The van der Waals surface area contributed by atoms with E-state index in [0.29, 0.717) is 17.0 Å². The van der Waals surface area contributed by atoms with Gasteiger partial charge in [-0.2, -0.15) is 13.2 Å². The Morgan fingerprint density at radius 1 is 1.15 bits per heavy atom. The zero-order chi connectivity index (χ0) is 19.3. The quantitative estimate of drug-likeness (QED) is 0.490. The van der Waals surface area contributed by atoms with Crippen LogP contribution < -0.4 is 27.0 Å². The second-order valence-electron chi connectivity index (χ2n) is 5.38. The molecule has 0 saturated heterocycles. The molecule has 7 nitrogen and oxygen atoms in total. The third kappa shape index (κ3) is 4.99. The zero-order valence-electron chi connectivity index (χ0n) is 13.8. The fourth-order valence-corrected chi connectivity index (χ4v) is 2.14. The highest BCUT2D eigenvalue weighted by molar-refractivity contribution is 5.97. The van der Waals surface area contributed by atoms with Crippen molar-refractivity contribution in [1.29, 1.82) is 0 Å². The van der Waals surface area contributed by atoms with Crippen LogP contribution >= 0.6 is 0 Å². The highest BCUT2D eigenvalue weighted by atomic mass is 19.4. The molecule has 1 unspecified atom stereocenters. The van der Waals surface area contributed by atoms with E-state index in [9.17, 15) is 22.8 Å². The number of carbonyl (C=O) groups is 2. The summed E-state index contributed by atoms with van der Waals surface area (Å²) < 4.78 is 37.5. The van der Waals surface area contributed by atoms with Crippen molar-refractivity contribution in [2.24, 2.45) is 5.73 Å². The number of carbonyl (C=O) groups excluding carboxylic acids is 2. The van der Waals surface area contributed by atoms with Crippen LogP contribution in [0.3, 0.4) is 0 Å². The number of nitrogens with one attached hydrogen (secondary N) is 4. The number of dihydropyridines is 1. The van der Waals surface area contributed by atoms with Gasteiger partial charge in [-0.1, -0.05) is 0 Å². The Bertz CT molecular complexity index is 741. The first-order chi connectivity index (χ1) is 12.2. The Labute approximate surface area is 147 Å². The maximum absolute atomic E-state index is 12.5. The molecule has 0 radical (unpaired) electrons. The lowest BCUT2D eigenvalue weighted by Crippen LogP contribution is -2.48. The number of alkyl halides is 3. The minimum Gasteiger partial charge on any atom is -0.376 e. The van der Waals surface area contributed by atoms with Gasteiger partial charge in [0.1, 0.15) is 5.70 Å². The Hall–Kier alpha value is -3.01. The van der Waals surface area contributed by atoms with E-state index in [1.54, 1.807) is 0 Å². The second kappa shape index (κ2) is 7.91. The van der Waals surface area contributed by atoms with Gasteiger partial charge in [0.25, 0.3) is 11.8 Å². The molecule has 0 spiro atoms. The number of amides is 2. The fraction of sp³-hybridized carbons (Fsp3) is 0.250. The van der Waals surface area contributed by atoms with Crippen LogP contribution in [0.15, 0.2) is 47.7 Å². The third-order valence-electron chi connectivity index (χ3n) is 3.50. The van der Waals surface area contributed by atoms with Crippen LogP contribution in [0.4, 0.5) is 18.9 Å². The SMILES string of the molecule is CNC(=O)C1=CC=C(C(=O)NC(N)Nc2ccc(C(F)(F)F)cc2)CN1. The van der Waals surface area contributed by atoms with E-state index in [4.69, 9.17) is 5.73 Å². The largest absolute Gasteiger partial charge is 0.416 e. The Morgan fingerprint density at radius 3 is 2.31 bits per heavy atom. The van der Waals surface area contributed by atoms with Crippen LogP contribution in [-0.2, 0) is 15.8 Å². The summed E-state index contributed by atoms with van der Waals surface area (Å²) in [5.74, 6) is -0.780. The zero-order valence-corrected chi connectivity index (χ0v) is 13.8. The number of rotatable bonds is 5. The van der Waals surface area contributed by atoms with Crippen molar-refractivity contribution in [3.8, 4) is 0 Å². The van der Waals surface area contributed by atoms with Crippen LogP contribution in [0.25, 0.3) is 0 Å². The monoisotopic (exact) mass is 369 g/mol. The van der Waals surface area contributed by atoms with Gasteiger partial charge in [-0.3, -0.25) is 15.3 Å². The lowest BCUT2D eigenvalue weighted by atomic mass is 10.1. The number of benzene rings is 1. The molecule has 0 fully saturated rings. The first kappa shape index (κ1) is 19.3. The van der Waals surface area contributed by atoms with Crippen LogP contribution in [0.5, 0.6) is 0 Å². The number of allylic oxidation sites excluding steroid dienone is 2. The maximum Gasteiger partial charge on any atom is 0.416 e. The molecule has 140 valence electrons. The van der Waals surface area contributed by atoms with E-state index in [1.165, 1.54) is 31.3 Å². The van der Waals surface area contributed by atoms with Gasteiger partial charge in [0.2, 0.25) is 0 Å². The number of anilines is 1. The predicted octanol–water partition coefficient (Wildman–Crippen LogP) is 0.635. The van der Waals surface area contributed by atoms with E-state index in [-0.39, 0.29) is 12.5 Å². The van der Waals surface area contributed by atoms with Crippen molar-refractivity contribution in [2.75, 3.05) is 18.9 Å². The molecule has 1 heterocycles. The van der Waals surface area contributed by atoms with Crippen molar-refractivity contribution >= 4 is 17.5 Å². The molecule has 2 rings (SSSR count). The summed E-state index contributed by atoms with van der Waals surface area (Å²) in [4.78, 5) is 23.6. The predicted molar refractivity (Wildman–Crippen MR) is 89.4 cm³/mol. The molecule has 0 saturated carbocycles. The Balaban J connectivity index is 1.92. The molecule has 6 N–H and O–H groups in total. The molecule has 0 aromatic heterocycles. The first-order valence-electron chi connectivity index (χ1n) is 7.58. The fourth-order valence-electron chi connectivity index (χ4n) is 2.14. The molecular formula is C16H18F3N5O2. The summed E-state index contributed by atoms with van der Waals surface area (Å²) in [6, 6.07) is 4.26. The summed E-state index contributed by atoms with van der Waals surface area (Å²) in [6.45, 7) is 0.137. The highest BCUT2D eigenvalue weighted by Gasteiger charge is 2.30. The van der Waals surface area contributed by atoms with Gasteiger partial charge in [0.05, 0.1) is 5.56 Å². The molecule has 26 heavy (non-hydrogen) atoms. The number of hydrogen-bond donors (Lipinski definition) is 5. The lowest BCUT2D eigenvalue weighted by molar-refractivity contribution is -0.137. The number of hydrogen-bond acceptors (Lipinski definition) is 5. The molecule has 1 aromatic carbocycles. The number of likely N-dealkylation sites (N-methyl/N-ethyl adjacent to an activating group) is 1. The average molecular weight is 369 g/mol. The first-order valence-corrected chi connectivity index (χ1v) is 7.58. The van der Waals surface area contributed by atoms with Crippen LogP contribution in [-0.4, -0.2) is 31.7 Å². The molecule has 0 bridgehead atoms. The Morgan fingerprint density at radius 2 is 1.81 bits per heavy atom.